The van der Waals surface area contributed by atoms with Gasteiger partial charge in [0.25, 0.3) is 5.91 Å². The van der Waals surface area contributed by atoms with Gasteiger partial charge >= 0.3 is 30.2 Å². The number of hydrogen-bond acceptors (Lipinski definition) is 2. The van der Waals surface area contributed by atoms with Crippen LogP contribution in [0.15, 0.2) is 0 Å². The normalized spacial score (nSPS) is 20.3. The number of ether oxygens (including phenoxy) is 1. The first-order valence-corrected chi connectivity index (χ1v) is 7.44. The van der Waals surface area contributed by atoms with Crippen LogP contribution in [-0.4, -0.2) is 54.1 Å². The van der Waals surface area contributed by atoms with E-state index in [0.29, 0.717) is 26.3 Å². The summed E-state index contributed by atoms with van der Waals surface area (Å²) in [4.78, 5) is 11.8. The second kappa shape index (κ2) is 7.24. The van der Waals surface area contributed by atoms with E-state index in [4.69, 9.17) is 0 Å². The molecule has 1 fully saturated rings. The second-order valence-electron chi connectivity index (χ2n) is 5.99. The van der Waals surface area contributed by atoms with Crippen LogP contribution in [0.25, 0.3) is 0 Å². The number of halogens is 11. The lowest BCUT2D eigenvalue weighted by molar-refractivity contribution is -0.473. The Bertz CT molecular complexity index is 539. The van der Waals surface area contributed by atoms with E-state index in [1.807, 2.05) is 0 Å². The van der Waals surface area contributed by atoms with Crippen LogP contribution in [0.5, 0.6) is 0 Å². The van der Waals surface area contributed by atoms with Crippen molar-refractivity contribution in [1.82, 2.24) is 4.90 Å². The highest BCUT2D eigenvalue weighted by atomic mass is 19.4. The molecule has 1 atom stereocenters. The van der Waals surface area contributed by atoms with Crippen LogP contribution in [0.2, 0.25) is 0 Å². The SMILES string of the molecule is CN(C(=O)[C@@](F)(OC(F)(F)C(F)(F)C(F)(F)F)C(F)(F)F)C1CCCCC1. The summed E-state index contributed by atoms with van der Waals surface area (Å²) in [7, 11) is 0.585. The third-order valence-electron chi connectivity index (χ3n) is 4.07. The molecule has 1 saturated carbocycles. The molecule has 0 spiro atoms. The highest BCUT2D eigenvalue weighted by molar-refractivity contribution is 5.84. The predicted molar refractivity (Wildman–Crippen MR) is 66.6 cm³/mol. The summed E-state index contributed by atoms with van der Waals surface area (Å²) in [5, 5.41) is 0. The molecule has 0 radical (unpaired) electrons. The zero-order valence-corrected chi connectivity index (χ0v) is 13.5. The zero-order valence-electron chi connectivity index (χ0n) is 13.5. The van der Waals surface area contributed by atoms with Crippen molar-refractivity contribution in [2.45, 2.75) is 68.4 Å². The van der Waals surface area contributed by atoms with Crippen molar-refractivity contribution in [3.05, 3.63) is 0 Å². The van der Waals surface area contributed by atoms with Gasteiger partial charge in [-0.05, 0) is 12.8 Å². The molecule has 0 N–H and O–H groups in total. The Kier molecular flexibility index (Phi) is 6.36. The molecule has 0 aliphatic heterocycles. The van der Waals surface area contributed by atoms with Gasteiger partial charge in [-0.15, -0.1) is 0 Å². The molecule has 0 aromatic heterocycles. The summed E-state index contributed by atoms with van der Waals surface area (Å²) < 4.78 is 143. The molecule has 27 heavy (non-hydrogen) atoms. The smallest absolute Gasteiger partial charge is 0.337 e. The number of likely N-dealkylation sites (N-methyl/N-ethyl adjacent to an activating group) is 1. The Morgan fingerprint density at radius 1 is 0.815 bits per heavy atom. The topological polar surface area (TPSA) is 29.5 Å². The van der Waals surface area contributed by atoms with Crippen LogP contribution in [0.4, 0.5) is 48.3 Å². The molecule has 160 valence electrons. The van der Waals surface area contributed by atoms with Crippen molar-refractivity contribution in [3.63, 3.8) is 0 Å². The third kappa shape index (κ3) is 4.40. The monoisotopic (exact) mass is 425 g/mol. The standard InChI is InChI=1S/C13H14F11NO2/c1-25(7-5-3-2-4-6-7)8(26)9(14,11(17,18)19)27-13(23,24)10(15,16)12(20,21)22/h7H,2-6H2,1H3/t9-/m1/s1. The van der Waals surface area contributed by atoms with E-state index in [2.05, 4.69) is 4.74 Å². The number of carbonyl (C=O) groups excluding carboxylic acids is 1. The van der Waals surface area contributed by atoms with Gasteiger partial charge in [0.15, 0.2) is 0 Å². The summed E-state index contributed by atoms with van der Waals surface area (Å²) in [6, 6.07) is -1.05. The first-order valence-electron chi connectivity index (χ1n) is 7.44. The van der Waals surface area contributed by atoms with E-state index >= 15 is 0 Å². The van der Waals surface area contributed by atoms with Crippen LogP contribution in [0.1, 0.15) is 32.1 Å². The number of carbonyl (C=O) groups is 1. The molecule has 1 amide bonds. The maximum atomic E-state index is 14.2. The zero-order chi connectivity index (χ0) is 21.5. The number of hydrogen-bond donors (Lipinski definition) is 0. The summed E-state index contributed by atoms with van der Waals surface area (Å²) in [6.45, 7) is 0. The van der Waals surface area contributed by atoms with Crippen molar-refractivity contribution >= 4 is 5.91 Å². The van der Waals surface area contributed by atoms with Gasteiger partial charge in [-0.2, -0.15) is 48.3 Å². The van der Waals surface area contributed by atoms with Gasteiger partial charge in [0.1, 0.15) is 0 Å². The molecular weight excluding hydrogens is 411 g/mol. The summed E-state index contributed by atoms with van der Waals surface area (Å²) in [5.74, 6) is -16.1. The van der Waals surface area contributed by atoms with Crippen LogP contribution in [-0.2, 0) is 9.53 Å². The fourth-order valence-electron chi connectivity index (χ4n) is 2.49. The van der Waals surface area contributed by atoms with Crippen LogP contribution < -0.4 is 0 Å². The average molecular weight is 425 g/mol. The van der Waals surface area contributed by atoms with E-state index in [1.165, 1.54) is 0 Å². The lowest BCUT2D eigenvalue weighted by Crippen LogP contribution is -2.64. The second-order valence-corrected chi connectivity index (χ2v) is 5.99. The van der Waals surface area contributed by atoms with Gasteiger partial charge in [-0.3, -0.25) is 9.53 Å². The minimum absolute atomic E-state index is 0.0362. The molecule has 0 saturated heterocycles. The predicted octanol–water partition coefficient (Wildman–Crippen LogP) is 4.81. The van der Waals surface area contributed by atoms with Crippen molar-refractivity contribution in [2.24, 2.45) is 0 Å². The minimum atomic E-state index is -7.19. The molecule has 0 heterocycles. The van der Waals surface area contributed by atoms with Crippen LogP contribution >= 0.6 is 0 Å². The highest BCUT2D eigenvalue weighted by Crippen LogP contribution is 2.51. The molecule has 1 aliphatic carbocycles. The quantitative estimate of drug-likeness (QED) is 0.592. The Morgan fingerprint density at radius 2 is 1.26 bits per heavy atom. The lowest BCUT2D eigenvalue weighted by atomic mass is 9.94. The van der Waals surface area contributed by atoms with E-state index in [1.54, 1.807) is 0 Å². The Morgan fingerprint density at radius 3 is 1.63 bits per heavy atom. The number of alkyl halides is 11. The van der Waals surface area contributed by atoms with E-state index in [-0.39, 0.29) is 17.7 Å². The lowest BCUT2D eigenvalue weighted by Gasteiger charge is -2.38. The largest absolute Gasteiger partial charge is 0.462 e. The van der Waals surface area contributed by atoms with Crippen LogP contribution in [0, 0.1) is 0 Å². The molecule has 0 bridgehead atoms. The molecule has 14 heteroatoms. The van der Waals surface area contributed by atoms with E-state index in [0.717, 1.165) is 0 Å². The summed E-state index contributed by atoms with van der Waals surface area (Å²) >= 11 is 0. The van der Waals surface area contributed by atoms with Gasteiger partial charge in [-0.25, -0.2) is 0 Å². The van der Waals surface area contributed by atoms with Crippen molar-refractivity contribution < 1.29 is 57.8 Å². The van der Waals surface area contributed by atoms with Crippen molar-refractivity contribution in [3.8, 4) is 0 Å². The molecule has 3 nitrogen and oxygen atoms in total. The number of rotatable bonds is 5. The van der Waals surface area contributed by atoms with Gasteiger partial charge < -0.3 is 4.90 Å². The number of amides is 1. The van der Waals surface area contributed by atoms with Gasteiger partial charge in [0.05, 0.1) is 0 Å². The van der Waals surface area contributed by atoms with Gasteiger partial charge in [0.2, 0.25) is 0 Å². The maximum Gasteiger partial charge on any atom is 0.462 e. The highest BCUT2D eigenvalue weighted by Gasteiger charge is 2.80. The maximum absolute atomic E-state index is 14.2. The van der Waals surface area contributed by atoms with Gasteiger partial charge in [0, 0.05) is 13.1 Å². The Balaban J connectivity index is 3.25. The molecule has 0 unspecified atom stereocenters. The molecule has 0 aromatic carbocycles. The summed E-state index contributed by atoms with van der Waals surface area (Å²) in [5.41, 5.74) is 0. The summed E-state index contributed by atoms with van der Waals surface area (Å²) in [6.07, 6.45) is -19.2. The Labute approximate surface area is 145 Å². The number of nitrogens with zero attached hydrogens (tertiary/aromatic N) is 1. The van der Waals surface area contributed by atoms with Crippen molar-refractivity contribution in [1.29, 1.82) is 0 Å². The molecule has 1 aliphatic rings. The van der Waals surface area contributed by atoms with E-state index < -0.39 is 42.2 Å². The molecular formula is C13H14F11NO2. The first-order chi connectivity index (χ1) is 11.9. The fraction of sp³-hybridized carbons (Fsp3) is 0.923. The minimum Gasteiger partial charge on any atom is -0.337 e. The van der Waals surface area contributed by atoms with Crippen molar-refractivity contribution in [2.75, 3.05) is 7.05 Å². The van der Waals surface area contributed by atoms with Crippen LogP contribution in [0.3, 0.4) is 0 Å². The van der Waals surface area contributed by atoms with Gasteiger partial charge in [-0.1, -0.05) is 19.3 Å². The Hall–Kier alpha value is -1.34. The average Bonchev–Trinajstić information content (AvgIpc) is 2.51. The van der Waals surface area contributed by atoms with E-state index in [9.17, 15) is 53.1 Å². The fourth-order valence-corrected chi connectivity index (χ4v) is 2.49. The molecule has 0 aromatic rings. The molecule has 1 rings (SSSR count). The first kappa shape index (κ1) is 23.7. The third-order valence-corrected chi connectivity index (χ3v) is 4.07.